The van der Waals surface area contributed by atoms with Gasteiger partial charge >= 0.3 is 0 Å². The number of carbonyl (C=O) groups is 2. The van der Waals surface area contributed by atoms with Crippen molar-refractivity contribution in [3.63, 3.8) is 0 Å². The van der Waals surface area contributed by atoms with E-state index in [1.54, 1.807) is 28.6 Å². The standard InChI is InChI=1S/C33H37N3O6S2/c37-20-23-12-14-24(15-13-23)28-18-26(21-43-33-35-27-6-4-5-7-29(27)44-33)41-32(42-28)25-16-10-22(11-17-25)19-34-30(38)8-2-1-3-9-31(39)36-40/h4-7,10-17,26,28,32,37,40H,1-3,8-9,18-21H2,(H,34,38)(H,36,39). The number of hydrogen-bond acceptors (Lipinski definition) is 9. The Bertz CT molecular complexity index is 1480. The summed E-state index contributed by atoms with van der Waals surface area (Å²) in [5.74, 6) is 0.292. The first-order chi connectivity index (χ1) is 21.5. The fraction of sp³-hybridized carbons (Fsp3) is 0.364. The minimum absolute atomic E-state index is 0.00270. The van der Waals surface area contributed by atoms with Gasteiger partial charge in [0, 0.05) is 37.1 Å². The molecular weight excluding hydrogens is 599 g/mol. The Labute approximate surface area is 265 Å². The Kier molecular flexibility index (Phi) is 11.8. The van der Waals surface area contributed by atoms with E-state index in [2.05, 4.69) is 11.4 Å². The molecule has 0 radical (unpaired) electrons. The number of thioether (sulfide) groups is 1. The number of para-hydroxylation sites is 1. The zero-order chi connectivity index (χ0) is 30.7. The first kappa shape index (κ1) is 32.1. The van der Waals surface area contributed by atoms with Crippen LogP contribution in [0.4, 0.5) is 0 Å². The van der Waals surface area contributed by atoms with Crippen LogP contribution in [0.15, 0.2) is 77.1 Å². The number of rotatable bonds is 14. The molecule has 1 aliphatic heterocycles. The van der Waals surface area contributed by atoms with Gasteiger partial charge in [0.25, 0.3) is 0 Å². The van der Waals surface area contributed by atoms with Gasteiger partial charge in [0.15, 0.2) is 10.6 Å². The molecule has 232 valence electrons. The molecule has 4 aromatic rings. The van der Waals surface area contributed by atoms with Gasteiger partial charge in [-0.3, -0.25) is 14.8 Å². The van der Waals surface area contributed by atoms with Crippen LogP contribution < -0.4 is 10.8 Å². The average molecular weight is 636 g/mol. The van der Waals surface area contributed by atoms with E-state index in [1.807, 2.05) is 66.7 Å². The minimum Gasteiger partial charge on any atom is -0.392 e. The summed E-state index contributed by atoms with van der Waals surface area (Å²) in [7, 11) is 0. The van der Waals surface area contributed by atoms with Crippen molar-refractivity contribution in [2.75, 3.05) is 5.75 Å². The predicted molar refractivity (Wildman–Crippen MR) is 170 cm³/mol. The fourth-order valence-corrected chi connectivity index (χ4v) is 7.10. The zero-order valence-electron chi connectivity index (χ0n) is 24.3. The maximum absolute atomic E-state index is 12.3. The lowest BCUT2D eigenvalue weighted by atomic mass is 10.0. The lowest BCUT2D eigenvalue weighted by Crippen LogP contribution is -2.31. The van der Waals surface area contributed by atoms with E-state index in [-0.39, 0.29) is 31.1 Å². The van der Waals surface area contributed by atoms with Crippen LogP contribution in [0, 0.1) is 0 Å². The Morgan fingerprint density at radius 2 is 1.59 bits per heavy atom. The molecule has 3 aromatic carbocycles. The predicted octanol–water partition coefficient (Wildman–Crippen LogP) is 6.20. The van der Waals surface area contributed by atoms with Gasteiger partial charge < -0.3 is 19.9 Å². The molecule has 0 spiro atoms. The number of carbonyl (C=O) groups excluding carboxylic acids is 2. The topological polar surface area (TPSA) is 130 Å². The van der Waals surface area contributed by atoms with Gasteiger partial charge in [-0.1, -0.05) is 78.8 Å². The second-order valence-electron chi connectivity index (χ2n) is 10.7. The van der Waals surface area contributed by atoms with E-state index < -0.39 is 12.2 Å². The number of fused-ring (bicyclic) bond motifs is 1. The van der Waals surface area contributed by atoms with E-state index in [0.717, 1.165) is 44.3 Å². The highest BCUT2D eigenvalue weighted by Crippen LogP contribution is 2.40. The van der Waals surface area contributed by atoms with Crippen molar-refractivity contribution in [3.05, 3.63) is 95.1 Å². The number of amides is 2. The van der Waals surface area contributed by atoms with E-state index in [4.69, 9.17) is 19.7 Å². The second-order valence-corrected chi connectivity index (χ2v) is 13.0. The Morgan fingerprint density at radius 3 is 2.32 bits per heavy atom. The summed E-state index contributed by atoms with van der Waals surface area (Å²) < 4.78 is 15.1. The maximum Gasteiger partial charge on any atom is 0.243 e. The average Bonchev–Trinajstić information content (AvgIpc) is 3.49. The molecule has 1 aliphatic rings. The van der Waals surface area contributed by atoms with Crippen LogP contribution >= 0.6 is 23.1 Å². The smallest absolute Gasteiger partial charge is 0.243 e. The van der Waals surface area contributed by atoms with Gasteiger partial charge in [0.2, 0.25) is 11.8 Å². The molecule has 1 saturated heterocycles. The molecular formula is C33H37N3O6S2. The van der Waals surface area contributed by atoms with Crippen LogP contribution in [0.1, 0.15) is 73.2 Å². The van der Waals surface area contributed by atoms with E-state index in [0.29, 0.717) is 32.2 Å². The number of thiazole rings is 1. The molecule has 3 atom stereocenters. The number of aromatic nitrogens is 1. The molecule has 2 heterocycles. The number of aliphatic hydroxyl groups is 1. The first-order valence-electron chi connectivity index (χ1n) is 14.8. The molecule has 1 fully saturated rings. The van der Waals surface area contributed by atoms with Crippen molar-refractivity contribution in [3.8, 4) is 0 Å². The molecule has 0 aliphatic carbocycles. The van der Waals surface area contributed by atoms with Gasteiger partial charge in [0.05, 0.1) is 29.0 Å². The Hall–Kier alpha value is -3.32. The maximum atomic E-state index is 12.3. The molecule has 1 aromatic heterocycles. The zero-order valence-corrected chi connectivity index (χ0v) is 25.9. The third kappa shape index (κ3) is 9.10. The first-order valence-corrected chi connectivity index (χ1v) is 16.6. The molecule has 3 unspecified atom stereocenters. The van der Waals surface area contributed by atoms with E-state index in [1.165, 1.54) is 4.70 Å². The quantitative estimate of drug-likeness (QED) is 0.0558. The third-order valence-electron chi connectivity index (χ3n) is 7.46. The summed E-state index contributed by atoms with van der Waals surface area (Å²) in [6.45, 7) is 0.414. The van der Waals surface area contributed by atoms with Crippen molar-refractivity contribution in [1.82, 2.24) is 15.8 Å². The number of hydroxylamine groups is 1. The largest absolute Gasteiger partial charge is 0.392 e. The van der Waals surface area contributed by atoms with Gasteiger partial charge in [-0.2, -0.15) is 0 Å². The van der Waals surface area contributed by atoms with Crippen molar-refractivity contribution < 1.29 is 29.4 Å². The van der Waals surface area contributed by atoms with Crippen LogP contribution in [0.5, 0.6) is 0 Å². The number of nitrogens with one attached hydrogen (secondary N) is 2. The SMILES string of the molecule is O=C(CCCCCC(=O)NCc1ccc(C2OC(CSc3nc4ccccc4s3)CC(c3ccc(CO)cc3)O2)cc1)NO. The summed E-state index contributed by atoms with van der Waals surface area (Å²) in [5, 5.41) is 21.0. The molecule has 2 amide bonds. The monoisotopic (exact) mass is 635 g/mol. The summed E-state index contributed by atoms with van der Waals surface area (Å²) in [6.07, 6.45) is 2.60. The number of aliphatic hydroxyl groups excluding tert-OH is 1. The molecule has 11 heteroatoms. The van der Waals surface area contributed by atoms with E-state index in [9.17, 15) is 14.7 Å². The molecule has 5 rings (SSSR count). The lowest BCUT2D eigenvalue weighted by molar-refractivity contribution is -0.245. The van der Waals surface area contributed by atoms with Crippen LogP contribution in [-0.2, 0) is 32.2 Å². The lowest BCUT2D eigenvalue weighted by Gasteiger charge is -2.36. The van der Waals surface area contributed by atoms with Crippen molar-refractivity contribution in [2.24, 2.45) is 0 Å². The fourth-order valence-electron chi connectivity index (χ4n) is 4.99. The van der Waals surface area contributed by atoms with Crippen molar-refractivity contribution >= 4 is 45.1 Å². The summed E-state index contributed by atoms with van der Waals surface area (Å²) in [6, 6.07) is 23.9. The summed E-state index contributed by atoms with van der Waals surface area (Å²) in [5.41, 5.74) is 6.39. The Morgan fingerprint density at radius 1 is 0.886 bits per heavy atom. The third-order valence-corrected chi connectivity index (χ3v) is 9.77. The molecule has 0 saturated carbocycles. The Balaban J connectivity index is 1.18. The number of ether oxygens (including phenoxy) is 2. The van der Waals surface area contributed by atoms with Crippen molar-refractivity contribution in [1.29, 1.82) is 0 Å². The molecule has 0 bridgehead atoms. The van der Waals surface area contributed by atoms with Gasteiger partial charge in [-0.25, -0.2) is 10.5 Å². The number of nitrogens with zero attached hydrogens (tertiary/aromatic N) is 1. The number of benzene rings is 3. The van der Waals surface area contributed by atoms with Gasteiger partial charge in [0.1, 0.15) is 0 Å². The normalized spacial score (nSPS) is 18.3. The highest BCUT2D eigenvalue weighted by Gasteiger charge is 2.32. The van der Waals surface area contributed by atoms with Gasteiger partial charge in [-0.15, -0.1) is 11.3 Å². The number of unbranched alkanes of at least 4 members (excludes halogenated alkanes) is 2. The van der Waals surface area contributed by atoms with Crippen molar-refractivity contribution in [2.45, 2.75) is 74.5 Å². The highest BCUT2D eigenvalue weighted by molar-refractivity contribution is 8.01. The number of hydrogen-bond donors (Lipinski definition) is 4. The summed E-state index contributed by atoms with van der Waals surface area (Å²) >= 11 is 3.39. The highest BCUT2D eigenvalue weighted by atomic mass is 32.2. The molecule has 44 heavy (non-hydrogen) atoms. The van der Waals surface area contributed by atoms with Crippen LogP contribution in [0.2, 0.25) is 0 Å². The summed E-state index contributed by atoms with van der Waals surface area (Å²) in [4.78, 5) is 28.1. The second kappa shape index (κ2) is 16.1. The van der Waals surface area contributed by atoms with Crippen LogP contribution in [0.3, 0.4) is 0 Å². The molecule has 9 nitrogen and oxygen atoms in total. The molecule has 4 N–H and O–H groups in total. The minimum atomic E-state index is -0.552. The van der Waals surface area contributed by atoms with Crippen LogP contribution in [-0.4, -0.2) is 39.0 Å². The van der Waals surface area contributed by atoms with E-state index >= 15 is 0 Å². The van der Waals surface area contributed by atoms with Gasteiger partial charge in [-0.05, 0) is 41.7 Å². The van der Waals surface area contributed by atoms with Crippen LogP contribution in [0.25, 0.3) is 10.2 Å².